The van der Waals surface area contributed by atoms with E-state index in [2.05, 4.69) is 5.92 Å². The number of nitrogens with zero attached hydrogens (tertiary/aromatic N) is 2. The number of thiazole rings is 1. The number of ether oxygens (including phenoxy) is 4. The van der Waals surface area contributed by atoms with Crippen LogP contribution in [0.25, 0.3) is 11.8 Å². The molecule has 0 saturated heterocycles. The predicted octanol–water partition coefficient (Wildman–Crippen LogP) is 3.96. The molecular formula is C33H28N2O6S. The van der Waals surface area contributed by atoms with Crippen molar-refractivity contribution >= 4 is 29.1 Å². The molecule has 0 saturated carbocycles. The number of benzene rings is 3. The van der Waals surface area contributed by atoms with Gasteiger partial charge in [-0.3, -0.25) is 9.36 Å². The van der Waals surface area contributed by atoms with E-state index < -0.39 is 12.0 Å². The number of carbonyl (C=O) groups excluding carboxylic acids is 1. The van der Waals surface area contributed by atoms with E-state index in [-0.39, 0.29) is 24.3 Å². The van der Waals surface area contributed by atoms with Crippen LogP contribution in [0.15, 0.2) is 88.2 Å². The third-order valence-electron chi connectivity index (χ3n) is 6.62. The highest BCUT2D eigenvalue weighted by molar-refractivity contribution is 7.07. The molecule has 212 valence electrons. The minimum atomic E-state index is -0.800. The molecule has 0 unspecified atom stereocenters. The molecule has 0 spiro atoms. The lowest BCUT2D eigenvalue weighted by Gasteiger charge is -2.26. The Hall–Kier alpha value is -5.07. The van der Waals surface area contributed by atoms with Gasteiger partial charge in [0.25, 0.3) is 5.56 Å². The minimum Gasteiger partial charge on any atom is -0.497 e. The smallest absolute Gasteiger partial charge is 0.338 e. The number of hydrogen-bond donors (Lipinski definition) is 0. The molecule has 1 aromatic heterocycles. The zero-order valence-electron chi connectivity index (χ0n) is 23.3. The molecule has 1 aliphatic rings. The van der Waals surface area contributed by atoms with Crippen LogP contribution in [0, 0.1) is 12.3 Å². The van der Waals surface area contributed by atoms with Crippen molar-refractivity contribution in [3.05, 3.63) is 115 Å². The summed E-state index contributed by atoms with van der Waals surface area (Å²) in [7, 11) is 3.11. The lowest BCUT2D eigenvalue weighted by atomic mass is 9.93. The summed E-state index contributed by atoms with van der Waals surface area (Å²) in [6.45, 7) is 1.94. The standard InChI is InChI=1S/C33H28N2O6S/c1-5-19-41-30-23(13-10-14-25(30)39-4)20-26-31(36)35-29(22-15-17-24(38-3)18-16-22)27(32(37)40-6-2)28(34-33(35)42-26)21-11-8-7-9-12-21/h1,7-18,20,29H,6,19H2,2-4H3/b26-20-/t29-/m1/s1. The summed E-state index contributed by atoms with van der Waals surface area (Å²) in [6, 6.07) is 21.2. The van der Waals surface area contributed by atoms with Gasteiger partial charge in [-0.25, -0.2) is 9.79 Å². The predicted molar refractivity (Wildman–Crippen MR) is 161 cm³/mol. The number of rotatable bonds is 9. The lowest BCUT2D eigenvalue weighted by Crippen LogP contribution is -2.40. The normalized spacial score (nSPS) is 14.4. The third kappa shape index (κ3) is 5.45. The Morgan fingerprint density at radius 2 is 1.81 bits per heavy atom. The first-order valence-electron chi connectivity index (χ1n) is 13.2. The Labute approximate surface area is 246 Å². The number of para-hydroxylation sites is 1. The highest BCUT2D eigenvalue weighted by Crippen LogP contribution is 2.36. The average Bonchev–Trinajstić information content (AvgIpc) is 3.34. The van der Waals surface area contributed by atoms with Crippen LogP contribution in [0.3, 0.4) is 0 Å². The molecule has 2 heterocycles. The Morgan fingerprint density at radius 1 is 1.05 bits per heavy atom. The molecule has 9 heteroatoms. The summed E-state index contributed by atoms with van der Waals surface area (Å²) in [4.78, 5) is 33.1. The molecule has 0 N–H and O–H groups in total. The number of terminal acetylenes is 1. The highest BCUT2D eigenvalue weighted by atomic mass is 32.1. The molecule has 0 radical (unpaired) electrons. The van der Waals surface area contributed by atoms with Crippen LogP contribution in [0.1, 0.15) is 29.7 Å². The van der Waals surface area contributed by atoms with Gasteiger partial charge in [0.1, 0.15) is 12.4 Å². The molecule has 0 fully saturated rings. The van der Waals surface area contributed by atoms with E-state index in [1.54, 1.807) is 48.9 Å². The van der Waals surface area contributed by atoms with E-state index in [1.165, 1.54) is 18.4 Å². The van der Waals surface area contributed by atoms with Crippen LogP contribution in [0.4, 0.5) is 0 Å². The van der Waals surface area contributed by atoms with E-state index in [1.807, 2.05) is 48.5 Å². The number of aromatic nitrogens is 1. The number of esters is 1. The molecule has 1 aliphatic heterocycles. The zero-order valence-corrected chi connectivity index (χ0v) is 24.1. The molecule has 5 rings (SSSR count). The largest absolute Gasteiger partial charge is 0.497 e. The Kier molecular flexibility index (Phi) is 8.55. The summed E-state index contributed by atoms with van der Waals surface area (Å²) in [5.74, 6) is 3.47. The first kappa shape index (κ1) is 28.5. The van der Waals surface area contributed by atoms with Crippen molar-refractivity contribution in [2.75, 3.05) is 27.4 Å². The van der Waals surface area contributed by atoms with Crippen molar-refractivity contribution in [1.82, 2.24) is 4.57 Å². The van der Waals surface area contributed by atoms with E-state index in [9.17, 15) is 9.59 Å². The topological polar surface area (TPSA) is 88.4 Å². The van der Waals surface area contributed by atoms with E-state index >= 15 is 0 Å². The Balaban J connectivity index is 1.81. The molecule has 0 aliphatic carbocycles. The zero-order chi connectivity index (χ0) is 29.6. The van der Waals surface area contributed by atoms with Gasteiger partial charge in [-0.1, -0.05) is 71.9 Å². The number of hydrogen-bond acceptors (Lipinski definition) is 8. The Bertz CT molecular complexity index is 1860. The van der Waals surface area contributed by atoms with Crippen LogP contribution in [-0.4, -0.2) is 38.0 Å². The first-order chi connectivity index (χ1) is 20.5. The first-order valence-corrected chi connectivity index (χ1v) is 14.0. The molecule has 42 heavy (non-hydrogen) atoms. The second-order valence-corrected chi connectivity index (χ2v) is 10.1. The van der Waals surface area contributed by atoms with Crippen molar-refractivity contribution in [1.29, 1.82) is 0 Å². The number of fused-ring (bicyclic) bond motifs is 1. The molecule has 4 aromatic rings. The fourth-order valence-electron chi connectivity index (χ4n) is 4.76. The van der Waals surface area contributed by atoms with Gasteiger partial charge in [0.05, 0.1) is 42.7 Å². The van der Waals surface area contributed by atoms with Gasteiger partial charge in [-0.15, -0.1) is 6.42 Å². The molecule has 0 bridgehead atoms. The summed E-state index contributed by atoms with van der Waals surface area (Å²) in [6.07, 6.45) is 7.15. The van der Waals surface area contributed by atoms with Crippen LogP contribution >= 0.6 is 11.3 Å². The summed E-state index contributed by atoms with van der Waals surface area (Å²) >= 11 is 1.21. The van der Waals surface area contributed by atoms with Gasteiger partial charge >= 0.3 is 5.97 Å². The van der Waals surface area contributed by atoms with Gasteiger partial charge in [-0.2, -0.15) is 0 Å². The summed E-state index contributed by atoms with van der Waals surface area (Å²) in [5.41, 5.74) is 2.44. The van der Waals surface area contributed by atoms with Gasteiger partial charge < -0.3 is 18.9 Å². The minimum absolute atomic E-state index is 0.0310. The van der Waals surface area contributed by atoms with Gasteiger partial charge in [-0.05, 0) is 36.8 Å². The monoisotopic (exact) mass is 580 g/mol. The maximum Gasteiger partial charge on any atom is 0.338 e. The van der Waals surface area contributed by atoms with Crippen LogP contribution < -0.4 is 29.1 Å². The van der Waals surface area contributed by atoms with Gasteiger partial charge in [0.2, 0.25) is 0 Å². The third-order valence-corrected chi connectivity index (χ3v) is 7.60. The number of carbonyl (C=O) groups is 1. The van der Waals surface area contributed by atoms with Crippen LogP contribution in [0.5, 0.6) is 17.2 Å². The molecule has 8 nitrogen and oxygen atoms in total. The van der Waals surface area contributed by atoms with Gasteiger partial charge in [0, 0.05) is 11.1 Å². The average molecular weight is 581 g/mol. The second-order valence-electron chi connectivity index (χ2n) is 9.08. The molecule has 1 atom stereocenters. The molecular weight excluding hydrogens is 552 g/mol. The highest BCUT2D eigenvalue weighted by Gasteiger charge is 2.35. The summed E-state index contributed by atoms with van der Waals surface area (Å²) in [5, 5.41) is 0. The van der Waals surface area contributed by atoms with Gasteiger partial charge in [0.15, 0.2) is 16.3 Å². The van der Waals surface area contributed by atoms with E-state index in [0.29, 0.717) is 43.4 Å². The molecule has 3 aromatic carbocycles. The maximum atomic E-state index is 14.2. The van der Waals surface area contributed by atoms with Crippen LogP contribution in [-0.2, 0) is 9.53 Å². The SMILES string of the molecule is C#CCOc1c(/C=c2\sc3n(c2=O)[C@H](c2ccc(OC)cc2)C(C(=O)OCC)=C(c2ccccc2)N=3)cccc1OC. The quantitative estimate of drug-likeness (QED) is 0.220. The van der Waals surface area contributed by atoms with Crippen molar-refractivity contribution in [2.45, 2.75) is 13.0 Å². The second kappa shape index (κ2) is 12.6. The van der Waals surface area contributed by atoms with E-state index in [0.717, 1.165) is 5.56 Å². The molecule has 0 amide bonds. The Morgan fingerprint density at radius 3 is 2.48 bits per heavy atom. The van der Waals surface area contributed by atoms with Crippen molar-refractivity contribution in [3.63, 3.8) is 0 Å². The fraction of sp³-hybridized carbons (Fsp3) is 0.182. The van der Waals surface area contributed by atoms with E-state index in [4.69, 9.17) is 30.4 Å². The van der Waals surface area contributed by atoms with Crippen molar-refractivity contribution in [3.8, 4) is 29.6 Å². The van der Waals surface area contributed by atoms with Crippen molar-refractivity contribution in [2.24, 2.45) is 4.99 Å². The van der Waals surface area contributed by atoms with Crippen LogP contribution in [0.2, 0.25) is 0 Å². The fourth-order valence-corrected chi connectivity index (χ4v) is 5.75. The maximum absolute atomic E-state index is 14.2. The summed E-state index contributed by atoms with van der Waals surface area (Å²) < 4.78 is 24.1. The lowest BCUT2D eigenvalue weighted by molar-refractivity contribution is -0.138. The number of methoxy groups -OCH3 is 2. The van der Waals surface area contributed by atoms with Crippen molar-refractivity contribution < 1.29 is 23.7 Å².